The number of benzene rings is 1. The van der Waals surface area contributed by atoms with Crippen molar-refractivity contribution >= 4 is 11.6 Å². The highest BCUT2D eigenvalue weighted by molar-refractivity contribution is 6.32. The summed E-state index contributed by atoms with van der Waals surface area (Å²) in [7, 11) is 1.61. The Hall–Kier alpha value is -0.730. The summed E-state index contributed by atoms with van der Waals surface area (Å²) in [5.41, 5.74) is 0.589. The van der Waals surface area contributed by atoms with Crippen LogP contribution in [0.15, 0.2) is 18.2 Å². The monoisotopic (exact) mass is 242 g/mol. The van der Waals surface area contributed by atoms with E-state index in [0.29, 0.717) is 10.8 Å². The molecule has 0 heterocycles. The molecule has 0 aliphatic rings. The zero-order valence-electron chi connectivity index (χ0n) is 10.1. The van der Waals surface area contributed by atoms with Gasteiger partial charge in [-0.15, -0.1) is 0 Å². The van der Waals surface area contributed by atoms with Gasteiger partial charge in [-0.1, -0.05) is 17.7 Å². The van der Waals surface area contributed by atoms with Gasteiger partial charge in [-0.25, -0.2) is 0 Å². The predicted octanol–water partition coefficient (Wildman–Crippen LogP) is 3.44. The van der Waals surface area contributed by atoms with E-state index in [0.717, 1.165) is 19.3 Å². The van der Waals surface area contributed by atoms with Gasteiger partial charge in [-0.3, -0.25) is 0 Å². The quantitative estimate of drug-likeness (QED) is 0.857. The van der Waals surface area contributed by atoms with E-state index in [1.807, 2.05) is 32.0 Å². The Balaban J connectivity index is 2.52. The molecule has 3 heteroatoms. The molecule has 2 nitrogen and oxygen atoms in total. The van der Waals surface area contributed by atoms with Crippen molar-refractivity contribution in [1.82, 2.24) is 0 Å². The third-order valence-corrected chi connectivity index (χ3v) is 2.77. The van der Waals surface area contributed by atoms with E-state index < -0.39 is 5.60 Å². The zero-order valence-corrected chi connectivity index (χ0v) is 10.8. The number of aliphatic hydroxyl groups is 1. The summed E-state index contributed by atoms with van der Waals surface area (Å²) in [6, 6.07) is 5.81. The van der Waals surface area contributed by atoms with E-state index in [2.05, 4.69) is 0 Å². The minimum Gasteiger partial charge on any atom is -0.495 e. The molecule has 1 aromatic carbocycles. The topological polar surface area (TPSA) is 29.5 Å². The Kier molecular flexibility index (Phi) is 4.63. The molecule has 0 amide bonds. The Morgan fingerprint density at radius 3 is 2.56 bits per heavy atom. The molecule has 0 saturated carbocycles. The molecule has 16 heavy (non-hydrogen) atoms. The highest BCUT2D eigenvalue weighted by Crippen LogP contribution is 2.26. The second kappa shape index (κ2) is 5.55. The second-order valence-electron chi connectivity index (χ2n) is 4.63. The van der Waals surface area contributed by atoms with Gasteiger partial charge in [0.15, 0.2) is 0 Å². The molecule has 1 rings (SSSR count). The molecule has 0 bridgehead atoms. The molecule has 0 fully saturated rings. The molecular formula is C13H19ClO2. The van der Waals surface area contributed by atoms with Gasteiger partial charge in [0.25, 0.3) is 0 Å². The van der Waals surface area contributed by atoms with Crippen LogP contribution in [0, 0.1) is 0 Å². The molecular weight excluding hydrogens is 224 g/mol. The van der Waals surface area contributed by atoms with Gasteiger partial charge in [-0.05, 0) is 50.8 Å². The van der Waals surface area contributed by atoms with Crippen molar-refractivity contribution in [1.29, 1.82) is 0 Å². The Labute approximate surface area is 102 Å². The SMILES string of the molecule is COc1ccc(CCCC(C)(C)O)cc1Cl. The summed E-state index contributed by atoms with van der Waals surface area (Å²) in [4.78, 5) is 0. The lowest BCUT2D eigenvalue weighted by atomic mass is 9.99. The van der Waals surface area contributed by atoms with Crippen molar-refractivity contribution in [2.75, 3.05) is 7.11 Å². The van der Waals surface area contributed by atoms with E-state index in [-0.39, 0.29) is 0 Å². The minimum atomic E-state index is -0.587. The molecule has 1 aromatic rings. The van der Waals surface area contributed by atoms with Crippen LogP contribution in [0.4, 0.5) is 0 Å². The standard InChI is InChI=1S/C13H19ClO2/c1-13(2,15)8-4-5-10-6-7-12(16-3)11(14)9-10/h6-7,9,15H,4-5,8H2,1-3H3. The van der Waals surface area contributed by atoms with Gasteiger partial charge >= 0.3 is 0 Å². The Morgan fingerprint density at radius 2 is 2.06 bits per heavy atom. The number of hydrogen-bond donors (Lipinski definition) is 1. The summed E-state index contributed by atoms with van der Waals surface area (Å²) in [5, 5.41) is 10.2. The van der Waals surface area contributed by atoms with Gasteiger partial charge in [0.1, 0.15) is 5.75 Å². The van der Waals surface area contributed by atoms with Crippen molar-refractivity contribution in [2.45, 2.75) is 38.7 Å². The van der Waals surface area contributed by atoms with E-state index >= 15 is 0 Å². The molecule has 1 N–H and O–H groups in total. The number of aryl methyl sites for hydroxylation is 1. The molecule has 0 aromatic heterocycles. The van der Waals surface area contributed by atoms with Crippen LogP contribution in [-0.4, -0.2) is 17.8 Å². The maximum absolute atomic E-state index is 9.59. The fourth-order valence-electron chi connectivity index (χ4n) is 1.59. The fraction of sp³-hybridized carbons (Fsp3) is 0.538. The zero-order chi connectivity index (χ0) is 12.2. The van der Waals surface area contributed by atoms with E-state index in [1.165, 1.54) is 5.56 Å². The van der Waals surface area contributed by atoms with Crippen LogP contribution in [0.3, 0.4) is 0 Å². The summed E-state index contributed by atoms with van der Waals surface area (Å²) >= 11 is 6.02. The minimum absolute atomic E-state index is 0.587. The first kappa shape index (κ1) is 13.3. The first-order valence-corrected chi connectivity index (χ1v) is 5.85. The highest BCUT2D eigenvalue weighted by Gasteiger charge is 2.11. The number of halogens is 1. The largest absolute Gasteiger partial charge is 0.495 e. The van der Waals surface area contributed by atoms with Crippen molar-refractivity contribution in [3.63, 3.8) is 0 Å². The van der Waals surface area contributed by atoms with Crippen LogP contribution < -0.4 is 4.74 Å². The van der Waals surface area contributed by atoms with Crippen LogP contribution in [-0.2, 0) is 6.42 Å². The van der Waals surface area contributed by atoms with Gasteiger partial charge in [0.2, 0.25) is 0 Å². The smallest absolute Gasteiger partial charge is 0.137 e. The fourth-order valence-corrected chi connectivity index (χ4v) is 1.87. The maximum Gasteiger partial charge on any atom is 0.137 e. The van der Waals surface area contributed by atoms with Crippen LogP contribution >= 0.6 is 11.6 Å². The third-order valence-electron chi connectivity index (χ3n) is 2.47. The first-order chi connectivity index (χ1) is 7.42. The normalized spacial score (nSPS) is 11.6. The number of hydrogen-bond acceptors (Lipinski definition) is 2. The average Bonchev–Trinajstić information content (AvgIpc) is 2.16. The molecule has 0 spiro atoms. The number of ether oxygens (including phenoxy) is 1. The molecule has 0 radical (unpaired) electrons. The molecule has 0 saturated heterocycles. The molecule has 90 valence electrons. The predicted molar refractivity (Wildman–Crippen MR) is 67.2 cm³/mol. The van der Waals surface area contributed by atoms with Crippen molar-refractivity contribution in [3.05, 3.63) is 28.8 Å². The van der Waals surface area contributed by atoms with Gasteiger partial charge in [0, 0.05) is 0 Å². The van der Waals surface area contributed by atoms with Crippen LogP contribution in [0.1, 0.15) is 32.3 Å². The van der Waals surface area contributed by atoms with Crippen molar-refractivity contribution < 1.29 is 9.84 Å². The second-order valence-corrected chi connectivity index (χ2v) is 5.04. The van der Waals surface area contributed by atoms with E-state index in [9.17, 15) is 5.11 Å². The lowest BCUT2D eigenvalue weighted by Gasteiger charge is -2.16. The highest BCUT2D eigenvalue weighted by atomic mass is 35.5. The van der Waals surface area contributed by atoms with Gasteiger partial charge in [-0.2, -0.15) is 0 Å². The molecule has 0 aliphatic heterocycles. The molecule has 0 aliphatic carbocycles. The third kappa shape index (κ3) is 4.42. The average molecular weight is 243 g/mol. The van der Waals surface area contributed by atoms with Gasteiger partial charge < -0.3 is 9.84 Å². The molecule has 0 atom stereocenters. The van der Waals surface area contributed by atoms with E-state index in [4.69, 9.17) is 16.3 Å². The molecule has 0 unspecified atom stereocenters. The lowest BCUT2D eigenvalue weighted by Crippen LogP contribution is -2.18. The first-order valence-electron chi connectivity index (χ1n) is 5.47. The number of rotatable bonds is 5. The van der Waals surface area contributed by atoms with Crippen LogP contribution in [0.5, 0.6) is 5.75 Å². The van der Waals surface area contributed by atoms with Gasteiger partial charge in [0.05, 0.1) is 17.7 Å². The summed E-state index contributed by atoms with van der Waals surface area (Å²) in [5.74, 6) is 0.702. The van der Waals surface area contributed by atoms with E-state index in [1.54, 1.807) is 7.11 Å². The lowest BCUT2D eigenvalue weighted by molar-refractivity contribution is 0.0689. The summed E-state index contributed by atoms with van der Waals surface area (Å²) in [6.45, 7) is 3.65. The Bertz CT molecular complexity index is 342. The summed E-state index contributed by atoms with van der Waals surface area (Å²) in [6.07, 6.45) is 2.66. The maximum atomic E-state index is 9.59. The van der Waals surface area contributed by atoms with Crippen molar-refractivity contribution in [2.24, 2.45) is 0 Å². The van der Waals surface area contributed by atoms with Crippen molar-refractivity contribution in [3.8, 4) is 5.75 Å². The Morgan fingerprint density at radius 1 is 1.38 bits per heavy atom. The number of methoxy groups -OCH3 is 1. The van der Waals surface area contributed by atoms with Crippen LogP contribution in [0.25, 0.3) is 0 Å². The van der Waals surface area contributed by atoms with Crippen LogP contribution in [0.2, 0.25) is 5.02 Å². The summed E-state index contributed by atoms with van der Waals surface area (Å²) < 4.78 is 5.09.